The number of hydrogen-bond donors (Lipinski definition) is 2. The molecular weight excluding hydrogens is 443 g/mol. The van der Waals surface area contributed by atoms with Crippen LogP contribution in [0, 0.1) is 11.8 Å². The number of carbonyl (C=O) groups is 1. The Balaban J connectivity index is 1.61. The maximum absolute atomic E-state index is 13.6. The maximum atomic E-state index is 13.6. The Kier molecular flexibility index (Phi) is 5.61. The molecule has 0 aliphatic heterocycles. The molecule has 2 aliphatic rings. The highest BCUT2D eigenvalue weighted by atomic mass is 32.2. The second kappa shape index (κ2) is 7.88. The van der Waals surface area contributed by atoms with Gasteiger partial charge in [-0.25, -0.2) is 8.42 Å². The predicted molar refractivity (Wildman–Crippen MR) is 111 cm³/mol. The molecule has 4 rings (SSSR count). The van der Waals surface area contributed by atoms with Gasteiger partial charge in [0.2, 0.25) is 5.91 Å². The van der Waals surface area contributed by atoms with Crippen molar-refractivity contribution in [1.29, 1.82) is 0 Å². The molecule has 2 saturated carbocycles. The van der Waals surface area contributed by atoms with Crippen molar-refractivity contribution in [2.24, 2.45) is 17.6 Å². The van der Waals surface area contributed by atoms with Crippen LogP contribution >= 0.6 is 0 Å². The first kappa shape index (κ1) is 22.8. The predicted octanol–water partition coefficient (Wildman–Crippen LogP) is 3.65. The molecule has 172 valence electrons. The summed E-state index contributed by atoms with van der Waals surface area (Å²) in [5, 5.41) is 10.4. The minimum Gasteiger partial charge on any atom is -0.376 e. The fourth-order valence-electron chi connectivity index (χ4n) is 4.14. The van der Waals surface area contributed by atoms with E-state index >= 15 is 0 Å². The van der Waals surface area contributed by atoms with Crippen molar-refractivity contribution in [3.05, 3.63) is 65.2 Å². The highest BCUT2D eigenvalue weighted by molar-refractivity contribution is 7.91. The van der Waals surface area contributed by atoms with Crippen molar-refractivity contribution in [2.45, 2.75) is 48.3 Å². The number of benzene rings is 2. The van der Waals surface area contributed by atoms with Crippen LogP contribution in [0.4, 0.5) is 13.2 Å². The number of sulfone groups is 1. The van der Waals surface area contributed by atoms with Crippen LogP contribution in [0.1, 0.15) is 48.3 Å². The Morgan fingerprint density at radius 2 is 1.47 bits per heavy atom. The molecule has 9 heteroatoms. The van der Waals surface area contributed by atoms with E-state index in [-0.39, 0.29) is 35.0 Å². The van der Waals surface area contributed by atoms with Crippen LogP contribution in [0.25, 0.3) is 0 Å². The third-order valence-corrected chi connectivity index (χ3v) is 8.19. The average molecular weight is 468 g/mol. The number of rotatable bonds is 8. The Bertz CT molecular complexity index is 1110. The lowest BCUT2D eigenvalue weighted by atomic mass is 9.85. The van der Waals surface area contributed by atoms with E-state index in [0.717, 1.165) is 12.8 Å². The van der Waals surface area contributed by atoms with Gasteiger partial charge in [-0.3, -0.25) is 4.79 Å². The zero-order valence-electron chi connectivity index (χ0n) is 17.2. The van der Waals surface area contributed by atoms with Gasteiger partial charge >= 0.3 is 6.18 Å². The Labute approximate surface area is 184 Å². The number of alkyl halides is 3. The normalized spacial score (nSPS) is 19.9. The number of aliphatic hydroxyl groups is 1. The molecule has 0 spiro atoms. The summed E-state index contributed by atoms with van der Waals surface area (Å²) in [6.07, 6.45) is -2.43. The first-order valence-corrected chi connectivity index (χ1v) is 12.1. The number of carbonyl (C=O) groups excluding carboxylic acids is 1. The molecular formula is C23H24F3NO4S. The molecule has 0 aromatic heterocycles. The van der Waals surface area contributed by atoms with Gasteiger partial charge in [-0.1, -0.05) is 36.4 Å². The van der Waals surface area contributed by atoms with Gasteiger partial charge in [-0.2, -0.15) is 13.2 Å². The van der Waals surface area contributed by atoms with E-state index in [1.807, 2.05) is 0 Å². The molecule has 1 amide bonds. The molecule has 0 saturated heterocycles. The lowest BCUT2D eigenvalue weighted by Gasteiger charge is -2.31. The number of nitrogens with two attached hydrogens (primary N) is 1. The van der Waals surface area contributed by atoms with E-state index in [0.29, 0.717) is 11.1 Å². The van der Waals surface area contributed by atoms with Gasteiger partial charge < -0.3 is 10.8 Å². The molecule has 3 N–H and O–H groups in total. The van der Waals surface area contributed by atoms with Crippen LogP contribution in [0.15, 0.2) is 53.4 Å². The standard InChI is InChI=1S/C23H24F3NO4S/c24-23(25,26)22(29,18-9-10-18)17-7-3-15(4-8-17)20(21(27)28)16-5-11-19(12-6-16)32(30,31)13-14-1-2-14/h3-8,11-12,14,18,20,29H,1-2,9-10,13H2,(H2,27,28). The highest BCUT2D eigenvalue weighted by Crippen LogP contribution is 2.54. The molecule has 0 bridgehead atoms. The van der Waals surface area contributed by atoms with Crippen LogP contribution in [-0.4, -0.2) is 31.4 Å². The van der Waals surface area contributed by atoms with Crippen molar-refractivity contribution >= 4 is 15.7 Å². The van der Waals surface area contributed by atoms with Crippen LogP contribution in [-0.2, 0) is 20.2 Å². The van der Waals surface area contributed by atoms with Crippen molar-refractivity contribution in [2.75, 3.05) is 5.75 Å². The first-order valence-electron chi connectivity index (χ1n) is 10.4. The van der Waals surface area contributed by atoms with Crippen LogP contribution in [0.5, 0.6) is 0 Å². The molecule has 32 heavy (non-hydrogen) atoms. The second-order valence-electron chi connectivity index (χ2n) is 8.79. The summed E-state index contributed by atoms with van der Waals surface area (Å²) >= 11 is 0. The van der Waals surface area contributed by atoms with Crippen LogP contribution < -0.4 is 5.73 Å². The monoisotopic (exact) mass is 467 g/mol. The van der Waals surface area contributed by atoms with Crippen molar-refractivity contribution in [3.8, 4) is 0 Å². The van der Waals surface area contributed by atoms with Gasteiger partial charge in [-0.05, 0) is 60.4 Å². The topological polar surface area (TPSA) is 97.5 Å². The molecule has 2 fully saturated rings. The fourth-order valence-corrected chi connectivity index (χ4v) is 5.84. The van der Waals surface area contributed by atoms with Gasteiger partial charge in [0.15, 0.2) is 15.4 Å². The number of primary amides is 1. The lowest BCUT2D eigenvalue weighted by Crippen LogP contribution is -2.44. The molecule has 0 heterocycles. The van der Waals surface area contributed by atoms with E-state index in [9.17, 15) is 31.5 Å². The summed E-state index contributed by atoms with van der Waals surface area (Å²) < 4.78 is 65.6. The summed E-state index contributed by atoms with van der Waals surface area (Å²) in [7, 11) is -3.41. The summed E-state index contributed by atoms with van der Waals surface area (Å²) in [4.78, 5) is 12.3. The zero-order chi connectivity index (χ0) is 23.3. The van der Waals surface area contributed by atoms with Gasteiger partial charge in [0, 0.05) is 5.92 Å². The molecule has 2 aliphatic carbocycles. The third-order valence-electron chi connectivity index (χ3n) is 6.29. The third kappa shape index (κ3) is 4.28. The van der Waals surface area contributed by atoms with Crippen molar-refractivity contribution in [1.82, 2.24) is 0 Å². The molecule has 5 nitrogen and oxygen atoms in total. The van der Waals surface area contributed by atoms with E-state index < -0.39 is 39.4 Å². The fraction of sp³-hybridized carbons (Fsp3) is 0.435. The van der Waals surface area contributed by atoms with E-state index in [1.54, 1.807) is 0 Å². The highest BCUT2D eigenvalue weighted by Gasteiger charge is 2.62. The molecule has 2 aromatic rings. The van der Waals surface area contributed by atoms with E-state index in [1.165, 1.54) is 48.5 Å². The van der Waals surface area contributed by atoms with Crippen molar-refractivity contribution < 1.29 is 31.5 Å². The summed E-state index contributed by atoms with van der Waals surface area (Å²) in [6, 6.07) is 10.9. The van der Waals surface area contributed by atoms with Gasteiger partial charge in [-0.15, -0.1) is 0 Å². The van der Waals surface area contributed by atoms with Gasteiger partial charge in [0.25, 0.3) is 0 Å². The Morgan fingerprint density at radius 1 is 0.969 bits per heavy atom. The molecule has 2 atom stereocenters. The summed E-state index contributed by atoms with van der Waals surface area (Å²) in [5.41, 5.74) is 3.15. The minimum absolute atomic E-state index is 0.0934. The second-order valence-corrected chi connectivity index (χ2v) is 10.8. The Morgan fingerprint density at radius 3 is 1.88 bits per heavy atom. The average Bonchev–Trinajstić information content (AvgIpc) is 3.62. The number of amides is 1. The minimum atomic E-state index is -4.82. The zero-order valence-corrected chi connectivity index (χ0v) is 18.0. The molecule has 0 radical (unpaired) electrons. The largest absolute Gasteiger partial charge is 0.421 e. The summed E-state index contributed by atoms with van der Waals surface area (Å²) in [5.74, 6) is -2.28. The van der Waals surface area contributed by atoms with Gasteiger partial charge in [0.05, 0.1) is 16.6 Å². The van der Waals surface area contributed by atoms with Crippen LogP contribution in [0.3, 0.4) is 0 Å². The quantitative estimate of drug-likeness (QED) is 0.619. The first-order chi connectivity index (χ1) is 14.9. The number of hydrogen-bond acceptors (Lipinski definition) is 4. The lowest BCUT2D eigenvalue weighted by molar-refractivity contribution is -0.275. The SMILES string of the molecule is NC(=O)C(c1ccc(C(O)(C2CC2)C(F)(F)F)cc1)c1ccc(S(=O)(=O)CC2CC2)cc1. The number of halogens is 3. The van der Waals surface area contributed by atoms with Crippen molar-refractivity contribution in [3.63, 3.8) is 0 Å². The maximum Gasteiger partial charge on any atom is 0.421 e. The molecule has 2 aromatic carbocycles. The van der Waals surface area contributed by atoms with E-state index in [2.05, 4.69) is 0 Å². The summed E-state index contributed by atoms with van der Waals surface area (Å²) in [6.45, 7) is 0. The van der Waals surface area contributed by atoms with E-state index in [4.69, 9.17) is 5.73 Å². The Hall–Kier alpha value is -2.39. The van der Waals surface area contributed by atoms with Gasteiger partial charge in [0.1, 0.15) is 0 Å². The van der Waals surface area contributed by atoms with Crippen LogP contribution in [0.2, 0.25) is 0 Å². The smallest absolute Gasteiger partial charge is 0.376 e. The molecule has 2 unspecified atom stereocenters.